The number of hydrogen-bond acceptors (Lipinski definition) is 7. The predicted molar refractivity (Wildman–Crippen MR) is 168 cm³/mol. The number of likely N-dealkylation sites (tertiary alicyclic amines) is 1. The lowest BCUT2D eigenvalue weighted by atomic mass is 10.0. The van der Waals surface area contributed by atoms with E-state index >= 15 is 0 Å². The zero-order valence-electron chi connectivity index (χ0n) is 23.4. The van der Waals surface area contributed by atoms with Crippen LogP contribution in [0.3, 0.4) is 0 Å². The summed E-state index contributed by atoms with van der Waals surface area (Å²) in [6.07, 6.45) is 5.55. The van der Waals surface area contributed by atoms with Gasteiger partial charge in [0.15, 0.2) is 0 Å². The third-order valence-corrected chi connectivity index (χ3v) is 8.46. The van der Waals surface area contributed by atoms with E-state index < -0.39 is 5.82 Å². The average Bonchev–Trinajstić information content (AvgIpc) is 3.52. The van der Waals surface area contributed by atoms with Crippen molar-refractivity contribution >= 4 is 51.2 Å². The first-order valence-electron chi connectivity index (χ1n) is 14.1. The van der Waals surface area contributed by atoms with Crippen molar-refractivity contribution in [2.24, 2.45) is 0 Å². The second kappa shape index (κ2) is 12.6. The lowest BCUT2D eigenvalue weighted by Gasteiger charge is -2.30. The Hall–Kier alpha value is -4.23. The van der Waals surface area contributed by atoms with E-state index in [2.05, 4.69) is 43.8 Å². The van der Waals surface area contributed by atoms with Gasteiger partial charge in [0.1, 0.15) is 17.6 Å². The van der Waals surface area contributed by atoms with Crippen LogP contribution in [0.5, 0.6) is 0 Å². The van der Waals surface area contributed by atoms with Crippen LogP contribution in [-0.4, -0.2) is 44.5 Å². The summed E-state index contributed by atoms with van der Waals surface area (Å²) in [5.41, 5.74) is 4.32. The van der Waals surface area contributed by atoms with Gasteiger partial charge in [-0.1, -0.05) is 65.7 Å². The molecular weight excluding hydrogens is 586 g/mol. The Morgan fingerprint density at radius 2 is 1.81 bits per heavy atom. The van der Waals surface area contributed by atoms with Gasteiger partial charge >= 0.3 is 0 Å². The van der Waals surface area contributed by atoms with Crippen LogP contribution in [-0.2, 0) is 0 Å². The number of fused-ring (bicyclic) bond motifs is 1. The minimum Gasteiger partial charge on any atom is -0.373 e. The lowest BCUT2D eigenvalue weighted by Crippen LogP contribution is -2.34. The average molecular weight is 616 g/mol. The fourth-order valence-corrected chi connectivity index (χ4v) is 5.97. The van der Waals surface area contributed by atoms with Crippen LogP contribution in [0.25, 0.3) is 10.9 Å². The number of anilines is 3. The summed E-state index contributed by atoms with van der Waals surface area (Å²) in [6.45, 7) is 5.35. The molecule has 1 fully saturated rings. The van der Waals surface area contributed by atoms with Crippen molar-refractivity contribution in [2.75, 3.05) is 30.3 Å². The van der Waals surface area contributed by atoms with Gasteiger partial charge in [0.2, 0.25) is 0 Å². The number of benzene rings is 3. The molecule has 8 nitrogen and oxygen atoms in total. The van der Waals surface area contributed by atoms with E-state index in [0.29, 0.717) is 44.6 Å². The third-order valence-electron chi connectivity index (χ3n) is 7.88. The van der Waals surface area contributed by atoms with E-state index in [1.165, 1.54) is 18.3 Å². The van der Waals surface area contributed by atoms with Crippen LogP contribution in [0.2, 0.25) is 10.0 Å². The molecule has 3 aromatic carbocycles. The molecule has 0 aliphatic carbocycles. The highest BCUT2D eigenvalue weighted by Crippen LogP contribution is 2.37. The van der Waals surface area contributed by atoms with Gasteiger partial charge in [-0.05, 0) is 55.3 Å². The molecule has 1 aliphatic heterocycles. The molecule has 0 spiro atoms. The number of halogens is 3. The van der Waals surface area contributed by atoms with Crippen molar-refractivity contribution in [3.8, 4) is 6.07 Å². The molecule has 218 valence electrons. The van der Waals surface area contributed by atoms with Crippen LogP contribution in [0, 0.1) is 17.1 Å². The summed E-state index contributed by atoms with van der Waals surface area (Å²) < 4.78 is 15.8. The summed E-state index contributed by atoms with van der Waals surface area (Å²) >= 11 is 12.8. The first-order valence-corrected chi connectivity index (χ1v) is 14.9. The zero-order chi connectivity index (χ0) is 29.9. The van der Waals surface area contributed by atoms with E-state index in [9.17, 15) is 9.65 Å². The van der Waals surface area contributed by atoms with Gasteiger partial charge in [-0.25, -0.2) is 9.07 Å². The maximum atomic E-state index is 13.8. The molecule has 1 saturated heterocycles. The molecule has 0 saturated carbocycles. The minimum absolute atomic E-state index is 0.0306. The highest BCUT2D eigenvalue weighted by molar-refractivity contribution is 6.36. The second-order valence-corrected chi connectivity index (χ2v) is 11.4. The molecule has 43 heavy (non-hydrogen) atoms. The summed E-state index contributed by atoms with van der Waals surface area (Å²) in [6, 6.07) is 20.2. The minimum atomic E-state index is -0.530. The molecule has 0 amide bonds. The first kappa shape index (κ1) is 28.9. The van der Waals surface area contributed by atoms with Crippen LogP contribution < -0.4 is 10.6 Å². The Labute approximate surface area is 259 Å². The lowest BCUT2D eigenvalue weighted by molar-refractivity contribution is 0.186. The van der Waals surface area contributed by atoms with Crippen molar-refractivity contribution in [3.63, 3.8) is 0 Å². The quantitative estimate of drug-likeness (QED) is 0.184. The Balaban J connectivity index is 1.37. The number of piperidine rings is 1. The summed E-state index contributed by atoms with van der Waals surface area (Å²) in [4.78, 5) is 6.90. The number of aromatic nitrogens is 4. The SMILES string of the molecule is CCN1CCC(n2cc([C@@H](Nc3cc(Cl)c4ncc(C#N)c(Nc5ccc(F)c(Cl)c5)c4c3)c3ccccc3)nn2)CC1. The zero-order valence-corrected chi connectivity index (χ0v) is 24.9. The van der Waals surface area contributed by atoms with Gasteiger partial charge in [-0.3, -0.25) is 4.98 Å². The van der Waals surface area contributed by atoms with E-state index in [0.717, 1.165) is 43.7 Å². The molecule has 5 aromatic rings. The summed E-state index contributed by atoms with van der Waals surface area (Å²) in [5.74, 6) is -0.530. The molecule has 3 heterocycles. The fourth-order valence-electron chi connectivity index (χ4n) is 5.52. The standard InChI is InChI=1S/C32H29Cl2FN8/c1-2-42-12-10-24(11-13-42)43-19-29(40-41-43)31(20-6-4-3-5-7-20)39-23-14-25-30(38-22-8-9-28(35)26(33)15-22)21(17-36)18-37-32(25)27(34)16-23/h3-9,14-16,18-19,24,31,39H,2,10-13H2,1H3,(H,37,38)/t31-/m0/s1. The van der Waals surface area contributed by atoms with Crippen molar-refractivity contribution in [1.82, 2.24) is 24.9 Å². The molecule has 1 aliphatic rings. The Morgan fingerprint density at radius 1 is 1.05 bits per heavy atom. The number of nitrogens with one attached hydrogen (secondary N) is 2. The Bertz CT molecular complexity index is 1800. The van der Waals surface area contributed by atoms with Crippen LogP contribution in [0.15, 0.2) is 73.1 Å². The maximum Gasteiger partial charge on any atom is 0.141 e. The van der Waals surface area contributed by atoms with Gasteiger partial charge < -0.3 is 15.5 Å². The third kappa shape index (κ3) is 6.13. The number of pyridine rings is 1. The molecule has 0 bridgehead atoms. The van der Waals surface area contributed by atoms with Gasteiger partial charge in [0.25, 0.3) is 0 Å². The van der Waals surface area contributed by atoms with Crippen molar-refractivity contribution < 1.29 is 4.39 Å². The number of rotatable bonds is 8. The second-order valence-electron chi connectivity index (χ2n) is 10.5. The highest BCUT2D eigenvalue weighted by Gasteiger charge is 2.24. The van der Waals surface area contributed by atoms with Crippen molar-refractivity contribution in [2.45, 2.75) is 31.8 Å². The molecule has 2 N–H and O–H groups in total. The summed E-state index contributed by atoms with van der Waals surface area (Å²) in [7, 11) is 0. The van der Waals surface area contributed by atoms with E-state index in [1.807, 2.05) is 53.3 Å². The van der Waals surface area contributed by atoms with Gasteiger partial charge in [-0.2, -0.15) is 5.26 Å². The monoisotopic (exact) mass is 614 g/mol. The van der Waals surface area contributed by atoms with Gasteiger partial charge in [0, 0.05) is 36.0 Å². The molecule has 2 aromatic heterocycles. The molecule has 6 rings (SSSR count). The normalized spacial score (nSPS) is 14.9. The fraction of sp³-hybridized carbons (Fsp3) is 0.250. The number of hydrogen-bond donors (Lipinski definition) is 2. The summed E-state index contributed by atoms with van der Waals surface area (Å²) in [5, 5.41) is 26.8. The largest absolute Gasteiger partial charge is 0.373 e. The smallest absolute Gasteiger partial charge is 0.141 e. The van der Waals surface area contributed by atoms with E-state index in [1.54, 1.807) is 6.07 Å². The van der Waals surface area contributed by atoms with E-state index in [-0.39, 0.29) is 11.1 Å². The van der Waals surface area contributed by atoms with Crippen LogP contribution in [0.4, 0.5) is 21.5 Å². The molecular formula is C32H29Cl2FN8. The Morgan fingerprint density at radius 3 is 2.53 bits per heavy atom. The first-order chi connectivity index (χ1) is 20.9. The van der Waals surface area contributed by atoms with Gasteiger partial charge in [-0.15, -0.1) is 5.10 Å². The number of nitriles is 1. The predicted octanol–water partition coefficient (Wildman–Crippen LogP) is 7.75. The molecule has 11 heteroatoms. The molecule has 0 unspecified atom stereocenters. The van der Waals surface area contributed by atoms with E-state index in [4.69, 9.17) is 23.2 Å². The molecule has 1 atom stereocenters. The van der Waals surface area contributed by atoms with Crippen LogP contribution >= 0.6 is 23.2 Å². The number of nitrogens with zero attached hydrogens (tertiary/aromatic N) is 6. The van der Waals surface area contributed by atoms with Gasteiger partial charge in [0.05, 0.1) is 45.1 Å². The van der Waals surface area contributed by atoms with Crippen molar-refractivity contribution in [3.05, 3.63) is 106 Å². The maximum absolute atomic E-state index is 13.8. The molecule has 0 radical (unpaired) electrons. The van der Waals surface area contributed by atoms with Crippen molar-refractivity contribution in [1.29, 1.82) is 5.26 Å². The Kier molecular flexibility index (Phi) is 8.43. The topological polar surface area (TPSA) is 94.7 Å². The van der Waals surface area contributed by atoms with Crippen LogP contribution in [0.1, 0.15) is 48.7 Å². The highest BCUT2D eigenvalue weighted by atomic mass is 35.5.